The van der Waals surface area contributed by atoms with Crippen LogP contribution in [0.25, 0.3) is 0 Å². The average molecular weight is 471 g/mol. The summed E-state index contributed by atoms with van der Waals surface area (Å²) in [6.07, 6.45) is -3.71. The molecule has 2 atom stereocenters. The molecule has 1 aliphatic heterocycles. The quantitative estimate of drug-likeness (QED) is 0.524. The molecule has 32 heavy (non-hydrogen) atoms. The van der Waals surface area contributed by atoms with Crippen molar-refractivity contribution < 1.29 is 32.9 Å². The number of carbonyl (C=O) groups is 1. The van der Waals surface area contributed by atoms with Crippen LogP contribution in [0.2, 0.25) is 0 Å². The van der Waals surface area contributed by atoms with Crippen molar-refractivity contribution in [3.63, 3.8) is 0 Å². The Morgan fingerprint density at radius 3 is 2.62 bits per heavy atom. The van der Waals surface area contributed by atoms with Gasteiger partial charge in [0.2, 0.25) is 0 Å². The van der Waals surface area contributed by atoms with E-state index in [-0.39, 0.29) is 11.3 Å². The van der Waals surface area contributed by atoms with Gasteiger partial charge in [-0.2, -0.15) is 13.2 Å². The zero-order valence-electron chi connectivity index (χ0n) is 17.6. The van der Waals surface area contributed by atoms with Crippen molar-refractivity contribution in [2.75, 3.05) is 29.8 Å². The van der Waals surface area contributed by atoms with Crippen LogP contribution >= 0.6 is 10.7 Å². The second-order valence-corrected chi connectivity index (χ2v) is 9.11. The molecule has 1 saturated heterocycles. The summed E-state index contributed by atoms with van der Waals surface area (Å²) < 4.78 is 48.8. The molecule has 1 aliphatic rings. The van der Waals surface area contributed by atoms with Gasteiger partial charge in [-0.15, -0.1) is 0 Å². The fourth-order valence-corrected chi connectivity index (χ4v) is 5.09. The highest BCUT2D eigenvalue weighted by Gasteiger charge is 2.32. The number of anilines is 2. The van der Waals surface area contributed by atoms with E-state index in [4.69, 9.17) is 4.74 Å². The van der Waals surface area contributed by atoms with Crippen molar-refractivity contribution in [3.05, 3.63) is 47.5 Å². The van der Waals surface area contributed by atoms with Crippen LogP contribution in [-0.2, 0) is 6.18 Å². The number of carboxylic acid groups (broad SMARTS) is 1. The van der Waals surface area contributed by atoms with E-state index in [9.17, 15) is 28.2 Å². The molecular formula is C22H25F3N2O4S. The van der Waals surface area contributed by atoms with E-state index in [0.717, 1.165) is 18.6 Å². The zero-order valence-corrected chi connectivity index (χ0v) is 18.5. The molecule has 1 fully saturated rings. The first kappa shape index (κ1) is 23.9. The molecule has 0 amide bonds. The second-order valence-electron chi connectivity index (χ2n) is 7.32. The molecule has 3 N–H and O–H groups in total. The molecule has 3 rings (SSSR count). The van der Waals surface area contributed by atoms with Gasteiger partial charge in [0.05, 0.1) is 40.6 Å². The molecule has 2 aromatic carbocycles. The number of halogens is 3. The molecule has 1 heterocycles. The maximum absolute atomic E-state index is 13.4. The van der Waals surface area contributed by atoms with Crippen LogP contribution < -0.4 is 14.4 Å². The predicted octanol–water partition coefficient (Wildman–Crippen LogP) is 4.85. The van der Waals surface area contributed by atoms with Gasteiger partial charge >= 0.3 is 12.1 Å². The number of aliphatic hydroxyl groups excluding tert-OH is 1. The summed E-state index contributed by atoms with van der Waals surface area (Å²) in [6, 6.07) is 7.87. The van der Waals surface area contributed by atoms with Gasteiger partial charge in [-0.3, -0.25) is 0 Å². The number of aromatic carboxylic acids is 1. The Hall–Kier alpha value is -2.72. The minimum Gasteiger partial charge on any atom is -0.496 e. The number of piperidine rings is 1. The van der Waals surface area contributed by atoms with Crippen molar-refractivity contribution in [2.24, 2.45) is 0 Å². The molecule has 0 saturated carbocycles. The Morgan fingerprint density at radius 1 is 1.28 bits per heavy atom. The van der Waals surface area contributed by atoms with Gasteiger partial charge in [0, 0.05) is 13.1 Å². The Kier molecular flexibility index (Phi) is 7.35. The summed E-state index contributed by atoms with van der Waals surface area (Å²) >= 11 is 0. The Bertz CT molecular complexity index is 1030. The summed E-state index contributed by atoms with van der Waals surface area (Å²) in [5, 5.41) is 21.2. The zero-order chi connectivity index (χ0) is 23.5. The van der Waals surface area contributed by atoms with Crippen LogP contribution in [-0.4, -0.2) is 47.9 Å². The van der Waals surface area contributed by atoms with Gasteiger partial charge in [-0.05, 0) is 61.5 Å². The SMILES string of the molecule is C/C=S(\Nc1cc(C(F)(F)F)ccc1N1CCCC(O)C1)c1cc(C(=O)O)ccc1OC. The highest BCUT2D eigenvalue weighted by Crippen LogP contribution is 2.41. The lowest BCUT2D eigenvalue weighted by atomic mass is 10.1. The Morgan fingerprint density at radius 2 is 2.03 bits per heavy atom. The molecule has 0 bridgehead atoms. The maximum atomic E-state index is 13.4. The summed E-state index contributed by atoms with van der Waals surface area (Å²) in [5.74, 6) is -0.693. The molecule has 0 aromatic heterocycles. The maximum Gasteiger partial charge on any atom is 0.416 e. The van der Waals surface area contributed by atoms with E-state index < -0.39 is 34.5 Å². The van der Waals surface area contributed by atoms with Crippen molar-refractivity contribution in [1.82, 2.24) is 0 Å². The number of aliphatic hydroxyl groups is 1. The number of carboxylic acids is 1. The third kappa shape index (κ3) is 5.36. The van der Waals surface area contributed by atoms with Crippen LogP contribution in [0.1, 0.15) is 35.7 Å². The number of benzene rings is 2. The minimum atomic E-state index is -4.52. The van der Waals surface area contributed by atoms with Crippen LogP contribution in [0, 0.1) is 0 Å². The standard InChI is InChI=1S/C22H25F3N2O4S/c1-3-32(20-11-14(21(29)30)6-9-19(20)31-2)26-17-12-15(22(23,24)25)7-8-18(17)27-10-4-5-16(28)13-27/h3,6-9,11-12,16,26,28H,4-5,10,13H2,1-2H3,(H,29,30). The fourth-order valence-electron chi connectivity index (χ4n) is 3.58. The van der Waals surface area contributed by atoms with Crippen molar-refractivity contribution in [1.29, 1.82) is 0 Å². The predicted molar refractivity (Wildman–Crippen MR) is 120 cm³/mol. The largest absolute Gasteiger partial charge is 0.496 e. The Labute approximate surface area is 186 Å². The number of hydrogen-bond acceptors (Lipinski definition) is 5. The molecule has 6 nitrogen and oxygen atoms in total. The molecule has 174 valence electrons. The molecule has 10 heteroatoms. The van der Waals surface area contributed by atoms with Gasteiger partial charge in [0.1, 0.15) is 5.75 Å². The van der Waals surface area contributed by atoms with Crippen molar-refractivity contribution in [3.8, 4) is 5.75 Å². The monoisotopic (exact) mass is 470 g/mol. The molecular weight excluding hydrogens is 445 g/mol. The van der Waals surface area contributed by atoms with Crippen molar-refractivity contribution >= 4 is 33.4 Å². The summed E-state index contributed by atoms with van der Waals surface area (Å²) in [4.78, 5) is 13.8. The normalized spacial score (nSPS) is 17.8. The van der Waals surface area contributed by atoms with E-state index in [2.05, 4.69) is 4.72 Å². The number of β-amino-alcohol motifs (C(OH)–C–C–N with tert-alkyl or cyclic N) is 1. The first-order valence-corrected chi connectivity index (χ1v) is 11.3. The Balaban J connectivity index is 2.07. The molecule has 0 radical (unpaired) electrons. The van der Waals surface area contributed by atoms with Gasteiger partial charge in [0.25, 0.3) is 0 Å². The smallest absolute Gasteiger partial charge is 0.416 e. The third-order valence-electron chi connectivity index (χ3n) is 5.16. The van der Waals surface area contributed by atoms with E-state index >= 15 is 0 Å². The van der Waals surface area contributed by atoms with E-state index in [1.165, 1.54) is 31.4 Å². The van der Waals surface area contributed by atoms with Gasteiger partial charge in [-0.25, -0.2) is 4.79 Å². The first-order valence-electron chi connectivity index (χ1n) is 9.99. The lowest BCUT2D eigenvalue weighted by Gasteiger charge is -2.34. The number of ether oxygens (including phenoxy) is 1. The molecule has 2 unspecified atom stereocenters. The average Bonchev–Trinajstić information content (AvgIpc) is 2.76. The first-order chi connectivity index (χ1) is 15.1. The minimum absolute atomic E-state index is 0.0466. The highest BCUT2D eigenvalue weighted by atomic mass is 32.2. The van der Waals surface area contributed by atoms with Crippen LogP contribution in [0.5, 0.6) is 5.75 Å². The summed E-state index contributed by atoms with van der Waals surface area (Å²) in [5.41, 5.74) is 0.0418. The number of nitrogens with zero attached hydrogens (tertiary/aromatic N) is 1. The van der Waals surface area contributed by atoms with Crippen LogP contribution in [0.15, 0.2) is 41.3 Å². The molecule has 0 spiro atoms. The number of rotatable bonds is 6. The number of nitrogens with one attached hydrogen (secondary N) is 1. The lowest BCUT2D eigenvalue weighted by molar-refractivity contribution is -0.137. The number of alkyl halides is 3. The van der Waals surface area contributed by atoms with Crippen LogP contribution in [0.4, 0.5) is 24.5 Å². The van der Waals surface area contributed by atoms with E-state index in [1.54, 1.807) is 12.3 Å². The number of hydrogen-bond donors (Lipinski definition) is 3. The molecule has 2 aromatic rings. The van der Waals surface area contributed by atoms with E-state index in [0.29, 0.717) is 35.8 Å². The van der Waals surface area contributed by atoms with Gasteiger partial charge in [-0.1, -0.05) is 10.7 Å². The van der Waals surface area contributed by atoms with Gasteiger partial charge < -0.3 is 24.6 Å². The third-order valence-corrected chi connectivity index (χ3v) is 6.87. The second kappa shape index (κ2) is 9.83. The summed E-state index contributed by atoms with van der Waals surface area (Å²) in [7, 11) is 0.483. The summed E-state index contributed by atoms with van der Waals surface area (Å²) in [6.45, 7) is 2.67. The van der Waals surface area contributed by atoms with Crippen molar-refractivity contribution in [2.45, 2.75) is 36.9 Å². The lowest BCUT2D eigenvalue weighted by Crippen LogP contribution is -2.38. The number of methoxy groups -OCH3 is 1. The topological polar surface area (TPSA) is 82.0 Å². The van der Waals surface area contributed by atoms with Gasteiger partial charge in [0.15, 0.2) is 0 Å². The molecule has 0 aliphatic carbocycles. The van der Waals surface area contributed by atoms with E-state index in [1.807, 2.05) is 4.90 Å². The fraction of sp³-hybridized carbons (Fsp3) is 0.364. The van der Waals surface area contributed by atoms with Crippen LogP contribution in [0.3, 0.4) is 0 Å². The highest BCUT2D eigenvalue weighted by molar-refractivity contribution is 8.16.